The van der Waals surface area contributed by atoms with Crippen LogP contribution in [-0.2, 0) is 10.3 Å². The zero-order valence-electron chi connectivity index (χ0n) is 12.3. The van der Waals surface area contributed by atoms with Crippen molar-refractivity contribution in [1.82, 2.24) is 10.2 Å². The van der Waals surface area contributed by atoms with Gasteiger partial charge in [0.15, 0.2) is 11.5 Å². The molecule has 1 saturated heterocycles. The van der Waals surface area contributed by atoms with Crippen LogP contribution in [0.4, 0.5) is 4.79 Å². The van der Waals surface area contributed by atoms with Crippen molar-refractivity contribution in [2.24, 2.45) is 5.92 Å². The molecule has 1 aromatic carbocycles. The number of fused-ring (bicyclic) bond motifs is 1. The smallest absolute Gasteiger partial charge is 0.325 e. The van der Waals surface area contributed by atoms with E-state index in [1.807, 2.05) is 6.07 Å². The van der Waals surface area contributed by atoms with Crippen LogP contribution in [0.3, 0.4) is 0 Å². The lowest BCUT2D eigenvalue weighted by molar-refractivity contribution is -0.131. The third-order valence-corrected chi connectivity index (χ3v) is 3.90. The van der Waals surface area contributed by atoms with Crippen molar-refractivity contribution < 1.29 is 19.1 Å². The molecule has 0 bridgehead atoms. The van der Waals surface area contributed by atoms with E-state index in [-0.39, 0.29) is 19.2 Å². The second-order valence-corrected chi connectivity index (χ2v) is 5.57. The van der Waals surface area contributed by atoms with Crippen molar-refractivity contribution in [3.63, 3.8) is 0 Å². The maximum absolute atomic E-state index is 12.7. The molecule has 0 radical (unpaired) electrons. The lowest BCUT2D eigenvalue weighted by Crippen LogP contribution is -2.41. The molecular weight excluding hydrogens is 286 g/mol. The van der Waals surface area contributed by atoms with Crippen molar-refractivity contribution in [2.75, 3.05) is 13.3 Å². The molecule has 0 unspecified atom stereocenters. The molecule has 3 rings (SSSR count). The number of amides is 3. The number of benzene rings is 1. The lowest BCUT2D eigenvalue weighted by Gasteiger charge is -2.22. The Bertz CT molecular complexity index is 697. The largest absolute Gasteiger partial charge is 0.454 e. The Morgan fingerprint density at radius 2 is 2.14 bits per heavy atom. The first kappa shape index (κ1) is 14.2. The summed E-state index contributed by atoms with van der Waals surface area (Å²) in [7, 11) is 0. The highest BCUT2D eigenvalue weighted by atomic mass is 16.7. The van der Waals surface area contributed by atoms with Crippen LogP contribution in [0.1, 0.15) is 19.4 Å². The SMILES string of the molecule is C[C@@H](C#N)CN1C(=O)N[C@](C)(c2ccc3c(c2)OCO3)C1=O. The predicted octanol–water partition coefficient (Wildman–Crippen LogP) is 1.34. The number of urea groups is 1. The molecule has 1 N–H and O–H groups in total. The van der Waals surface area contributed by atoms with E-state index in [0.29, 0.717) is 17.1 Å². The van der Waals surface area contributed by atoms with E-state index < -0.39 is 17.5 Å². The fourth-order valence-corrected chi connectivity index (χ4v) is 2.58. The van der Waals surface area contributed by atoms with Crippen LogP contribution in [0.25, 0.3) is 0 Å². The molecule has 2 aliphatic rings. The maximum Gasteiger partial charge on any atom is 0.325 e. The fraction of sp³-hybridized carbons (Fsp3) is 0.400. The third kappa shape index (κ3) is 2.04. The number of hydrogen-bond acceptors (Lipinski definition) is 5. The fourth-order valence-electron chi connectivity index (χ4n) is 2.58. The standard InChI is InChI=1S/C15H15N3O4/c1-9(6-16)7-18-13(19)15(2,17-14(18)20)10-3-4-11-12(5-10)22-8-21-11/h3-5,9H,7-8H2,1-2H3,(H,17,20)/t9-,15+/m0/s1. The van der Waals surface area contributed by atoms with Gasteiger partial charge in [-0.05, 0) is 31.5 Å². The number of hydrogen-bond donors (Lipinski definition) is 1. The number of nitrogens with zero attached hydrogens (tertiary/aromatic N) is 2. The number of nitrogens with one attached hydrogen (secondary N) is 1. The van der Waals surface area contributed by atoms with Crippen LogP contribution in [-0.4, -0.2) is 30.2 Å². The topological polar surface area (TPSA) is 91.7 Å². The summed E-state index contributed by atoms with van der Waals surface area (Å²) in [5.41, 5.74) is -0.560. The number of carbonyl (C=O) groups is 2. The summed E-state index contributed by atoms with van der Waals surface area (Å²) in [5.74, 6) is 0.357. The summed E-state index contributed by atoms with van der Waals surface area (Å²) in [6.45, 7) is 3.52. The third-order valence-electron chi connectivity index (χ3n) is 3.90. The monoisotopic (exact) mass is 301 g/mol. The summed E-state index contributed by atoms with van der Waals surface area (Å²) in [4.78, 5) is 25.8. The molecule has 7 heteroatoms. The minimum atomic E-state index is -1.17. The molecule has 0 spiro atoms. The summed E-state index contributed by atoms with van der Waals surface area (Å²) >= 11 is 0. The van der Waals surface area contributed by atoms with Crippen LogP contribution in [0.5, 0.6) is 11.5 Å². The molecule has 22 heavy (non-hydrogen) atoms. The highest BCUT2D eigenvalue weighted by Gasteiger charge is 2.49. The van der Waals surface area contributed by atoms with Crippen molar-refractivity contribution >= 4 is 11.9 Å². The highest BCUT2D eigenvalue weighted by Crippen LogP contribution is 2.37. The van der Waals surface area contributed by atoms with Gasteiger partial charge < -0.3 is 14.8 Å². The maximum atomic E-state index is 12.7. The number of nitriles is 1. The average Bonchev–Trinajstić information content (AvgIpc) is 3.05. The summed E-state index contributed by atoms with van der Waals surface area (Å²) in [6.07, 6.45) is 0. The van der Waals surface area contributed by atoms with Gasteiger partial charge in [-0.15, -0.1) is 0 Å². The van der Waals surface area contributed by atoms with Gasteiger partial charge in [-0.1, -0.05) is 6.07 Å². The lowest BCUT2D eigenvalue weighted by atomic mass is 9.91. The first-order valence-corrected chi connectivity index (χ1v) is 6.89. The van der Waals surface area contributed by atoms with Crippen molar-refractivity contribution in [3.8, 4) is 17.6 Å². The number of imide groups is 1. The van der Waals surface area contributed by atoms with Gasteiger partial charge in [-0.25, -0.2) is 4.79 Å². The molecule has 114 valence electrons. The van der Waals surface area contributed by atoms with E-state index in [0.717, 1.165) is 4.90 Å². The van der Waals surface area contributed by atoms with E-state index >= 15 is 0 Å². The first-order valence-electron chi connectivity index (χ1n) is 6.89. The molecule has 0 saturated carbocycles. The highest BCUT2D eigenvalue weighted by molar-refractivity contribution is 6.07. The minimum absolute atomic E-state index is 0.0707. The molecule has 3 amide bonds. The first-order chi connectivity index (χ1) is 10.5. The van der Waals surface area contributed by atoms with Crippen LogP contribution in [0.15, 0.2) is 18.2 Å². The van der Waals surface area contributed by atoms with Gasteiger partial charge in [0, 0.05) is 6.54 Å². The van der Waals surface area contributed by atoms with Gasteiger partial charge in [-0.2, -0.15) is 5.26 Å². The van der Waals surface area contributed by atoms with Crippen molar-refractivity contribution in [2.45, 2.75) is 19.4 Å². The van der Waals surface area contributed by atoms with Gasteiger partial charge in [0.25, 0.3) is 5.91 Å². The zero-order chi connectivity index (χ0) is 15.9. The Kier molecular flexibility index (Phi) is 3.17. The number of rotatable bonds is 3. The van der Waals surface area contributed by atoms with Crippen LogP contribution in [0.2, 0.25) is 0 Å². The van der Waals surface area contributed by atoms with E-state index in [9.17, 15) is 9.59 Å². The van der Waals surface area contributed by atoms with E-state index in [2.05, 4.69) is 5.32 Å². The van der Waals surface area contributed by atoms with Gasteiger partial charge in [0.1, 0.15) is 5.54 Å². The van der Waals surface area contributed by atoms with Gasteiger partial charge >= 0.3 is 6.03 Å². The molecule has 2 heterocycles. The van der Waals surface area contributed by atoms with Crippen LogP contribution in [0, 0.1) is 17.2 Å². The molecule has 2 aliphatic heterocycles. The second kappa shape index (κ2) is 4.91. The Morgan fingerprint density at radius 3 is 2.86 bits per heavy atom. The molecule has 2 atom stereocenters. The molecular formula is C15H15N3O4. The Balaban J connectivity index is 1.92. The van der Waals surface area contributed by atoms with E-state index in [4.69, 9.17) is 14.7 Å². The molecule has 0 aromatic heterocycles. The van der Waals surface area contributed by atoms with E-state index in [1.54, 1.807) is 32.0 Å². The number of ether oxygens (including phenoxy) is 2. The molecule has 1 fully saturated rings. The molecule has 7 nitrogen and oxygen atoms in total. The Hall–Kier alpha value is -2.75. The van der Waals surface area contributed by atoms with Crippen LogP contribution < -0.4 is 14.8 Å². The Labute approximate surface area is 127 Å². The number of carbonyl (C=O) groups excluding carboxylic acids is 2. The van der Waals surface area contributed by atoms with Crippen molar-refractivity contribution in [1.29, 1.82) is 5.26 Å². The average molecular weight is 301 g/mol. The summed E-state index contributed by atoms with van der Waals surface area (Å²) in [6, 6.07) is 6.66. The van der Waals surface area contributed by atoms with Gasteiger partial charge in [0.05, 0.1) is 12.0 Å². The van der Waals surface area contributed by atoms with Gasteiger partial charge in [-0.3, -0.25) is 9.69 Å². The molecule has 0 aliphatic carbocycles. The quantitative estimate of drug-likeness (QED) is 0.851. The van der Waals surface area contributed by atoms with E-state index in [1.165, 1.54) is 0 Å². The van der Waals surface area contributed by atoms with Crippen molar-refractivity contribution in [3.05, 3.63) is 23.8 Å². The van der Waals surface area contributed by atoms with Gasteiger partial charge in [0.2, 0.25) is 6.79 Å². The Morgan fingerprint density at radius 1 is 1.41 bits per heavy atom. The summed E-state index contributed by atoms with van der Waals surface area (Å²) < 4.78 is 10.6. The summed E-state index contributed by atoms with van der Waals surface area (Å²) in [5, 5.41) is 11.6. The minimum Gasteiger partial charge on any atom is -0.454 e. The predicted molar refractivity (Wildman–Crippen MR) is 74.9 cm³/mol. The molecule has 1 aromatic rings. The van der Waals surface area contributed by atoms with Crippen LogP contribution >= 0.6 is 0 Å². The normalized spacial score (nSPS) is 24.1. The second-order valence-electron chi connectivity index (χ2n) is 5.57. The zero-order valence-corrected chi connectivity index (χ0v) is 12.3.